The number of aromatic nitrogens is 3. The molecule has 0 atom stereocenters. The number of halogens is 2. The number of hydrogen-bond acceptors (Lipinski definition) is 7. The molecule has 2 heterocycles. The van der Waals surface area contributed by atoms with Crippen LogP contribution in [0, 0.1) is 24.5 Å². The fourth-order valence-electron chi connectivity index (χ4n) is 3.61. The minimum Gasteiger partial charge on any atom is -0.497 e. The lowest BCUT2D eigenvalue weighted by atomic mass is 10.1. The first-order valence-electron chi connectivity index (χ1n) is 10.7. The van der Waals surface area contributed by atoms with E-state index in [1.165, 1.54) is 11.3 Å². The van der Waals surface area contributed by atoms with Crippen LogP contribution in [0.2, 0.25) is 5.02 Å². The summed E-state index contributed by atoms with van der Waals surface area (Å²) in [5, 5.41) is 4.30. The summed E-state index contributed by atoms with van der Waals surface area (Å²) in [7, 11) is 1.62. The van der Waals surface area contributed by atoms with Gasteiger partial charge in [-0.15, -0.1) is 0 Å². The van der Waals surface area contributed by atoms with Gasteiger partial charge in [0.05, 0.1) is 30.1 Å². The zero-order chi connectivity index (χ0) is 25.1. The van der Waals surface area contributed by atoms with Crippen molar-refractivity contribution in [2.75, 3.05) is 17.3 Å². The molecule has 0 saturated carbocycles. The molecule has 0 bridgehead atoms. The molecule has 10 heteroatoms. The van der Waals surface area contributed by atoms with Gasteiger partial charge in [-0.1, -0.05) is 47.2 Å². The Bertz CT molecular complexity index is 1340. The molecule has 1 amide bonds. The number of amides is 1. The van der Waals surface area contributed by atoms with E-state index in [9.17, 15) is 4.79 Å². The van der Waals surface area contributed by atoms with Crippen LogP contribution in [-0.4, -0.2) is 28.0 Å². The number of carbonyl (C=O) groups is 1. The molecule has 0 aliphatic rings. The van der Waals surface area contributed by atoms with E-state index in [0.717, 1.165) is 20.6 Å². The highest BCUT2D eigenvalue weighted by molar-refractivity contribution is 14.1. The Morgan fingerprint density at radius 3 is 2.51 bits per heavy atom. The van der Waals surface area contributed by atoms with Crippen molar-refractivity contribution in [3.05, 3.63) is 84.8 Å². The van der Waals surface area contributed by atoms with E-state index in [0.29, 0.717) is 44.6 Å². The minimum atomic E-state index is -0.173. The number of ether oxygens (including phenoxy) is 1. The highest BCUT2D eigenvalue weighted by atomic mass is 127. The quantitative estimate of drug-likeness (QED) is 0.183. The first-order chi connectivity index (χ1) is 16.7. The van der Waals surface area contributed by atoms with Gasteiger partial charge in [0.15, 0.2) is 5.13 Å². The van der Waals surface area contributed by atoms with Gasteiger partial charge in [-0.25, -0.2) is 15.0 Å². The van der Waals surface area contributed by atoms with Gasteiger partial charge in [-0.3, -0.25) is 4.79 Å². The van der Waals surface area contributed by atoms with Gasteiger partial charge in [-0.2, -0.15) is 0 Å². The summed E-state index contributed by atoms with van der Waals surface area (Å²) >= 11 is 10.0. The molecule has 4 aromatic rings. The third-order valence-corrected chi connectivity index (χ3v) is 7.15. The van der Waals surface area contributed by atoms with Gasteiger partial charge in [0.2, 0.25) is 0 Å². The molecule has 2 aromatic heterocycles. The largest absolute Gasteiger partial charge is 0.497 e. The monoisotopic (exact) mass is 619 g/mol. The molecule has 180 valence electrons. The van der Waals surface area contributed by atoms with Crippen LogP contribution in [0.4, 0.5) is 16.6 Å². The van der Waals surface area contributed by atoms with Crippen LogP contribution in [0.15, 0.2) is 48.5 Å². The van der Waals surface area contributed by atoms with Crippen molar-refractivity contribution in [3.8, 4) is 5.75 Å². The fraction of sp³-hybridized carbons (Fsp3) is 0.200. The van der Waals surface area contributed by atoms with Gasteiger partial charge in [0, 0.05) is 6.07 Å². The third kappa shape index (κ3) is 5.91. The van der Waals surface area contributed by atoms with Gasteiger partial charge >= 0.3 is 0 Å². The van der Waals surface area contributed by atoms with Gasteiger partial charge in [0.25, 0.3) is 5.91 Å². The standard InChI is InChI=1S/C25H23ClIN5O2S/c1-14-6-5-7-19(26)22(14)32(13-17-8-10-18(34-4)11-9-17)24(33)23-15(2)28-25(35-23)31-21-12-20(27)29-16(3)30-21/h5-12H,13H2,1-4H3,(H,28,29,30,31). The molecule has 0 unspecified atom stereocenters. The molecule has 0 radical (unpaired) electrons. The lowest BCUT2D eigenvalue weighted by Gasteiger charge is -2.25. The average Bonchev–Trinajstić information content (AvgIpc) is 3.17. The molecule has 0 spiro atoms. The van der Waals surface area contributed by atoms with Crippen molar-refractivity contribution in [3.63, 3.8) is 0 Å². The number of methoxy groups -OCH3 is 1. The van der Waals surface area contributed by atoms with E-state index in [2.05, 4.69) is 42.9 Å². The molecule has 0 saturated heterocycles. The molecule has 0 aliphatic carbocycles. The Balaban J connectivity index is 1.70. The minimum absolute atomic E-state index is 0.173. The summed E-state index contributed by atoms with van der Waals surface area (Å²) < 4.78 is 6.09. The summed E-state index contributed by atoms with van der Waals surface area (Å²) in [4.78, 5) is 29.4. The van der Waals surface area contributed by atoms with E-state index in [1.54, 1.807) is 18.1 Å². The molecular formula is C25H23ClIN5O2S. The first-order valence-corrected chi connectivity index (χ1v) is 13.0. The second-order valence-electron chi connectivity index (χ2n) is 7.83. The van der Waals surface area contributed by atoms with Crippen molar-refractivity contribution in [1.82, 2.24) is 15.0 Å². The molecule has 0 aliphatic heterocycles. The van der Waals surface area contributed by atoms with Crippen LogP contribution in [0.25, 0.3) is 0 Å². The maximum atomic E-state index is 13.9. The maximum absolute atomic E-state index is 13.9. The fourth-order valence-corrected chi connectivity index (χ4v) is 5.50. The Morgan fingerprint density at radius 2 is 1.86 bits per heavy atom. The Morgan fingerprint density at radius 1 is 1.11 bits per heavy atom. The van der Waals surface area contributed by atoms with E-state index >= 15 is 0 Å². The van der Waals surface area contributed by atoms with Gasteiger partial charge in [0.1, 0.15) is 26.0 Å². The Labute approximate surface area is 226 Å². The molecule has 2 aromatic carbocycles. The molecule has 0 fully saturated rings. The summed E-state index contributed by atoms with van der Waals surface area (Å²) in [5.74, 6) is 1.87. The summed E-state index contributed by atoms with van der Waals surface area (Å²) in [6.45, 7) is 5.95. The van der Waals surface area contributed by atoms with Crippen molar-refractivity contribution in [2.24, 2.45) is 0 Å². The average molecular weight is 620 g/mol. The SMILES string of the molecule is COc1ccc(CN(C(=O)c2sc(Nc3cc(I)nc(C)n3)nc2C)c2c(C)cccc2Cl)cc1. The zero-order valence-corrected chi connectivity index (χ0v) is 23.3. The van der Waals surface area contributed by atoms with Crippen LogP contribution in [0.3, 0.4) is 0 Å². The smallest absolute Gasteiger partial charge is 0.270 e. The number of para-hydroxylation sites is 1. The third-order valence-electron chi connectivity index (χ3n) is 5.24. The number of hydrogen-bond donors (Lipinski definition) is 1. The van der Waals surface area contributed by atoms with E-state index in [-0.39, 0.29) is 5.91 Å². The van der Waals surface area contributed by atoms with Crippen LogP contribution in [0.1, 0.15) is 32.3 Å². The first kappa shape index (κ1) is 25.3. The van der Waals surface area contributed by atoms with Crippen molar-refractivity contribution in [2.45, 2.75) is 27.3 Å². The summed E-state index contributed by atoms with van der Waals surface area (Å²) in [6, 6.07) is 15.1. The number of rotatable bonds is 7. The number of aryl methyl sites for hydroxylation is 3. The van der Waals surface area contributed by atoms with Gasteiger partial charge in [-0.05, 0) is 72.7 Å². The van der Waals surface area contributed by atoms with E-state index in [1.807, 2.05) is 63.2 Å². The van der Waals surface area contributed by atoms with Crippen molar-refractivity contribution >= 4 is 68.1 Å². The second-order valence-corrected chi connectivity index (χ2v) is 10.3. The van der Waals surface area contributed by atoms with Crippen LogP contribution in [0.5, 0.6) is 5.75 Å². The van der Waals surface area contributed by atoms with Crippen LogP contribution >= 0.6 is 45.5 Å². The predicted octanol–water partition coefficient (Wildman–Crippen LogP) is 6.72. The number of nitrogens with one attached hydrogen (secondary N) is 1. The molecule has 35 heavy (non-hydrogen) atoms. The molecular weight excluding hydrogens is 597 g/mol. The lowest BCUT2D eigenvalue weighted by molar-refractivity contribution is 0.0988. The number of thiazole rings is 1. The summed E-state index contributed by atoms with van der Waals surface area (Å²) in [5.41, 5.74) is 3.17. The number of carbonyl (C=O) groups excluding carboxylic acids is 1. The maximum Gasteiger partial charge on any atom is 0.270 e. The van der Waals surface area contributed by atoms with Crippen LogP contribution < -0.4 is 15.0 Å². The van der Waals surface area contributed by atoms with Crippen molar-refractivity contribution < 1.29 is 9.53 Å². The zero-order valence-electron chi connectivity index (χ0n) is 19.6. The Hall–Kier alpha value is -2.76. The number of benzene rings is 2. The van der Waals surface area contributed by atoms with E-state index < -0.39 is 0 Å². The second kappa shape index (κ2) is 10.9. The summed E-state index contributed by atoms with van der Waals surface area (Å²) in [6.07, 6.45) is 0. The highest BCUT2D eigenvalue weighted by Crippen LogP contribution is 2.34. The number of nitrogens with zero attached hydrogens (tertiary/aromatic N) is 4. The number of anilines is 3. The van der Waals surface area contributed by atoms with Crippen LogP contribution in [-0.2, 0) is 6.54 Å². The molecule has 7 nitrogen and oxygen atoms in total. The van der Waals surface area contributed by atoms with Gasteiger partial charge < -0.3 is 15.0 Å². The topological polar surface area (TPSA) is 80.2 Å². The van der Waals surface area contributed by atoms with Crippen molar-refractivity contribution in [1.29, 1.82) is 0 Å². The Kier molecular flexibility index (Phi) is 7.88. The predicted molar refractivity (Wildman–Crippen MR) is 149 cm³/mol. The van der Waals surface area contributed by atoms with E-state index in [4.69, 9.17) is 16.3 Å². The molecule has 4 rings (SSSR count). The normalized spacial score (nSPS) is 10.8. The molecule has 1 N–H and O–H groups in total. The lowest BCUT2D eigenvalue weighted by Crippen LogP contribution is -2.31. The highest BCUT2D eigenvalue weighted by Gasteiger charge is 2.26.